The number of hydrogen-bond acceptors (Lipinski definition) is 2. The van der Waals surface area contributed by atoms with E-state index in [1.807, 2.05) is 26.8 Å². The zero-order valence-corrected chi connectivity index (χ0v) is 10.5. The Kier molecular flexibility index (Phi) is 9.63. The first-order valence-corrected chi connectivity index (χ1v) is 5.15. The van der Waals surface area contributed by atoms with Crippen molar-refractivity contribution in [1.82, 2.24) is 0 Å². The normalized spacial score (nSPS) is 12.3. The van der Waals surface area contributed by atoms with E-state index in [9.17, 15) is 4.79 Å². The molecule has 0 fully saturated rings. The second-order valence-corrected chi connectivity index (χ2v) is 3.19. The van der Waals surface area contributed by atoms with Gasteiger partial charge >= 0.3 is 0 Å². The van der Waals surface area contributed by atoms with E-state index in [-0.39, 0.29) is 5.78 Å². The van der Waals surface area contributed by atoms with E-state index in [2.05, 4.69) is 18.8 Å². The first kappa shape index (κ1) is 15.5. The van der Waals surface area contributed by atoms with Gasteiger partial charge in [-0.05, 0) is 31.4 Å². The van der Waals surface area contributed by atoms with Crippen LogP contribution in [0.15, 0.2) is 16.6 Å². The van der Waals surface area contributed by atoms with Crippen molar-refractivity contribution in [2.45, 2.75) is 41.5 Å². The standard InChI is InChI=1S/C10H17NO.C2H6/c1-7(2)10(11-5)6-8(3)9(4)12;1-2/h6-7H,1-5H3;1-2H3/b8-6-,11-10?;. The predicted octanol–water partition coefficient (Wildman–Crippen LogP) is 3.27. The SMILES string of the molecule is CC.CN=C(/C=C(/C)C(C)=O)C(C)C. The fraction of sp³-hybridized carbons (Fsp3) is 0.667. The van der Waals surface area contributed by atoms with Crippen LogP contribution in [0.3, 0.4) is 0 Å². The minimum Gasteiger partial charge on any atom is -0.295 e. The van der Waals surface area contributed by atoms with E-state index in [1.54, 1.807) is 14.0 Å². The maximum atomic E-state index is 10.9. The molecule has 0 amide bonds. The molecule has 0 aliphatic heterocycles. The van der Waals surface area contributed by atoms with E-state index < -0.39 is 0 Å². The number of Topliss-reactive ketones (excluding diaryl/α,β-unsaturated/α-hetero) is 1. The van der Waals surface area contributed by atoms with Crippen LogP contribution in [0.25, 0.3) is 0 Å². The minimum atomic E-state index is 0.108. The van der Waals surface area contributed by atoms with Gasteiger partial charge in [-0.25, -0.2) is 0 Å². The maximum absolute atomic E-state index is 10.9. The van der Waals surface area contributed by atoms with Crippen LogP contribution in [0.2, 0.25) is 0 Å². The number of aliphatic imine (C=N–C) groups is 1. The Balaban J connectivity index is 0. The molecule has 0 saturated carbocycles. The number of carbonyl (C=O) groups is 1. The van der Waals surface area contributed by atoms with Gasteiger partial charge in [-0.1, -0.05) is 27.7 Å². The third-order valence-electron chi connectivity index (χ3n) is 1.77. The highest BCUT2D eigenvalue weighted by Gasteiger charge is 2.03. The minimum absolute atomic E-state index is 0.108. The molecule has 0 N–H and O–H groups in total. The second kappa shape index (κ2) is 8.67. The number of carbonyl (C=O) groups excluding carboxylic acids is 1. The fourth-order valence-electron chi connectivity index (χ4n) is 0.813. The molecular formula is C12H23NO. The Bertz CT molecular complexity index is 224. The molecule has 14 heavy (non-hydrogen) atoms. The van der Waals surface area contributed by atoms with Crippen LogP contribution in [-0.2, 0) is 4.79 Å². The number of hydrogen-bond donors (Lipinski definition) is 0. The average Bonchev–Trinajstić information content (AvgIpc) is 2.16. The first-order chi connectivity index (χ1) is 6.49. The Morgan fingerprint density at radius 1 is 1.21 bits per heavy atom. The third-order valence-corrected chi connectivity index (χ3v) is 1.77. The van der Waals surface area contributed by atoms with Gasteiger partial charge in [0.1, 0.15) is 0 Å². The number of nitrogens with zero attached hydrogens (tertiary/aromatic N) is 1. The molecule has 0 unspecified atom stereocenters. The molecule has 2 nitrogen and oxygen atoms in total. The molecule has 0 spiro atoms. The Morgan fingerprint density at radius 2 is 1.64 bits per heavy atom. The Labute approximate surface area is 88.1 Å². The Morgan fingerprint density at radius 3 is 1.86 bits per heavy atom. The molecule has 2 heteroatoms. The highest BCUT2D eigenvalue weighted by Crippen LogP contribution is 2.03. The summed E-state index contributed by atoms with van der Waals surface area (Å²) in [5.41, 5.74) is 1.74. The van der Waals surface area contributed by atoms with Crippen LogP contribution >= 0.6 is 0 Å². The molecule has 0 heterocycles. The topological polar surface area (TPSA) is 29.4 Å². The molecule has 0 aliphatic carbocycles. The van der Waals surface area contributed by atoms with Crippen molar-refractivity contribution in [1.29, 1.82) is 0 Å². The van der Waals surface area contributed by atoms with Crippen molar-refractivity contribution in [2.24, 2.45) is 10.9 Å². The van der Waals surface area contributed by atoms with E-state index >= 15 is 0 Å². The van der Waals surface area contributed by atoms with Crippen LogP contribution < -0.4 is 0 Å². The van der Waals surface area contributed by atoms with Gasteiger partial charge < -0.3 is 0 Å². The molecule has 0 saturated heterocycles. The summed E-state index contributed by atoms with van der Waals surface area (Å²) in [6.07, 6.45) is 1.85. The molecule has 0 atom stereocenters. The van der Waals surface area contributed by atoms with Crippen molar-refractivity contribution >= 4 is 11.5 Å². The lowest BCUT2D eigenvalue weighted by Crippen LogP contribution is -2.06. The zero-order valence-electron chi connectivity index (χ0n) is 10.5. The van der Waals surface area contributed by atoms with E-state index in [1.165, 1.54) is 0 Å². The van der Waals surface area contributed by atoms with Crippen LogP contribution in [0.5, 0.6) is 0 Å². The summed E-state index contributed by atoms with van der Waals surface area (Å²) in [7, 11) is 1.75. The van der Waals surface area contributed by atoms with E-state index in [0.717, 1.165) is 11.3 Å². The van der Waals surface area contributed by atoms with Gasteiger partial charge in [-0.2, -0.15) is 0 Å². The summed E-state index contributed by atoms with van der Waals surface area (Å²) in [6, 6.07) is 0. The van der Waals surface area contributed by atoms with Gasteiger partial charge in [0.2, 0.25) is 0 Å². The predicted molar refractivity (Wildman–Crippen MR) is 64.0 cm³/mol. The molecule has 82 valence electrons. The van der Waals surface area contributed by atoms with Gasteiger partial charge in [0.05, 0.1) is 0 Å². The van der Waals surface area contributed by atoms with Crippen LogP contribution in [0.1, 0.15) is 41.5 Å². The summed E-state index contributed by atoms with van der Waals surface area (Å²) in [5, 5.41) is 0. The van der Waals surface area contributed by atoms with Crippen LogP contribution in [-0.4, -0.2) is 18.5 Å². The average molecular weight is 197 g/mol. The summed E-state index contributed by atoms with van der Waals surface area (Å²) in [4.78, 5) is 15.0. The molecule has 0 aromatic carbocycles. The lowest BCUT2D eigenvalue weighted by molar-refractivity contribution is -0.113. The molecule has 0 bridgehead atoms. The lowest BCUT2D eigenvalue weighted by Gasteiger charge is -2.04. The number of ketones is 1. The van der Waals surface area contributed by atoms with Crippen molar-refractivity contribution in [3.8, 4) is 0 Å². The van der Waals surface area contributed by atoms with Gasteiger partial charge in [0.25, 0.3) is 0 Å². The smallest absolute Gasteiger partial charge is 0.155 e. The van der Waals surface area contributed by atoms with E-state index in [0.29, 0.717) is 5.92 Å². The third kappa shape index (κ3) is 6.58. The number of allylic oxidation sites excluding steroid dienone is 2. The molecule has 0 rings (SSSR count). The van der Waals surface area contributed by atoms with Gasteiger partial charge in [0, 0.05) is 12.8 Å². The fourth-order valence-corrected chi connectivity index (χ4v) is 0.813. The summed E-state index contributed by atoms with van der Waals surface area (Å²) in [5.74, 6) is 0.487. The van der Waals surface area contributed by atoms with Gasteiger partial charge in [-0.3, -0.25) is 9.79 Å². The highest BCUT2D eigenvalue weighted by molar-refractivity contribution is 6.04. The first-order valence-electron chi connectivity index (χ1n) is 5.15. The monoisotopic (exact) mass is 197 g/mol. The lowest BCUT2D eigenvalue weighted by atomic mass is 10.0. The molecule has 0 aromatic heterocycles. The van der Waals surface area contributed by atoms with Crippen molar-refractivity contribution in [3.05, 3.63) is 11.6 Å². The summed E-state index contributed by atoms with van der Waals surface area (Å²) in [6.45, 7) is 11.5. The summed E-state index contributed by atoms with van der Waals surface area (Å²) < 4.78 is 0. The summed E-state index contributed by atoms with van der Waals surface area (Å²) >= 11 is 0. The van der Waals surface area contributed by atoms with Crippen LogP contribution in [0.4, 0.5) is 0 Å². The Hall–Kier alpha value is -0.920. The van der Waals surface area contributed by atoms with Gasteiger partial charge in [0.15, 0.2) is 5.78 Å². The largest absolute Gasteiger partial charge is 0.295 e. The van der Waals surface area contributed by atoms with Crippen molar-refractivity contribution < 1.29 is 4.79 Å². The molecule has 0 aliphatic rings. The quantitative estimate of drug-likeness (QED) is 0.504. The molecule has 0 aromatic rings. The highest BCUT2D eigenvalue weighted by atomic mass is 16.1. The van der Waals surface area contributed by atoms with Crippen LogP contribution in [0, 0.1) is 5.92 Å². The molecule has 0 radical (unpaired) electrons. The van der Waals surface area contributed by atoms with Crippen molar-refractivity contribution in [3.63, 3.8) is 0 Å². The molecular weight excluding hydrogens is 174 g/mol. The maximum Gasteiger partial charge on any atom is 0.155 e. The van der Waals surface area contributed by atoms with Crippen molar-refractivity contribution in [2.75, 3.05) is 7.05 Å². The number of rotatable bonds is 3. The van der Waals surface area contributed by atoms with E-state index in [4.69, 9.17) is 0 Å². The second-order valence-electron chi connectivity index (χ2n) is 3.19. The van der Waals surface area contributed by atoms with Gasteiger partial charge in [-0.15, -0.1) is 0 Å². The zero-order chi connectivity index (χ0) is 11.7.